The molecule has 0 aliphatic rings. The van der Waals surface area contributed by atoms with Gasteiger partial charge in [0.2, 0.25) is 10.0 Å². The first-order valence-electron chi connectivity index (χ1n) is 6.27. The third-order valence-corrected chi connectivity index (χ3v) is 4.39. The molecule has 108 valence electrons. The maximum absolute atomic E-state index is 13.2. The standard InChI is InChI=1S/C13H21FN2O2S/c1-9(2)6-10(3)16-19(17,18)13-7-12(14)5-4-11(13)8-15/h4-5,7,9-10,16H,6,8,15H2,1-3H3. The monoisotopic (exact) mass is 288 g/mol. The van der Waals surface area contributed by atoms with Gasteiger partial charge < -0.3 is 5.73 Å². The number of hydrogen-bond donors (Lipinski definition) is 2. The quantitative estimate of drug-likeness (QED) is 0.841. The van der Waals surface area contributed by atoms with Crippen LogP contribution in [0.3, 0.4) is 0 Å². The van der Waals surface area contributed by atoms with Crippen LogP contribution in [0.2, 0.25) is 0 Å². The molecule has 1 aromatic carbocycles. The molecule has 0 saturated heterocycles. The Morgan fingerprint density at radius 1 is 1.32 bits per heavy atom. The number of rotatable bonds is 6. The highest BCUT2D eigenvalue weighted by Crippen LogP contribution is 2.18. The molecule has 1 aromatic rings. The zero-order chi connectivity index (χ0) is 14.6. The molecule has 0 fully saturated rings. The Labute approximate surface area is 114 Å². The highest BCUT2D eigenvalue weighted by Gasteiger charge is 2.21. The predicted molar refractivity (Wildman–Crippen MR) is 73.5 cm³/mol. The Balaban J connectivity index is 3.03. The first-order valence-corrected chi connectivity index (χ1v) is 7.75. The Hall–Kier alpha value is -0.980. The molecule has 19 heavy (non-hydrogen) atoms. The number of nitrogens with two attached hydrogens (primary N) is 1. The number of nitrogens with one attached hydrogen (secondary N) is 1. The van der Waals surface area contributed by atoms with Crippen molar-refractivity contribution in [2.24, 2.45) is 11.7 Å². The molecule has 0 amide bonds. The van der Waals surface area contributed by atoms with Crippen LogP contribution in [0.25, 0.3) is 0 Å². The second kappa shape index (κ2) is 6.45. The van der Waals surface area contributed by atoms with Crippen LogP contribution >= 0.6 is 0 Å². The maximum Gasteiger partial charge on any atom is 0.241 e. The zero-order valence-electron chi connectivity index (χ0n) is 11.5. The lowest BCUT2D eigenvalue weighted by Crippen LogP contribution is -2.34. The van der Waals surface area contributed by atoms with Crippen molar-refractivity contribution in [3.8, 4) is 0 Å². The summed E-state index contributed by atoms with van der Waals surface area (Å²) in [5.41, 5.74) is 5.90. The summed E-state index contributed by atoms with van der Waals surface area (Å²) < 4.78 is 40.2. The Morgan fingerprint density at radius 3 is 2.47 bits per heavy atom. The lowest BCUT2D eigenvalue weighted by atomic mass is 10.1. The first-order chi connectivity index (χ1) is 8.76. The van der Waals surface area contributed by atoms with E-state index < -0.39 is 15.8 Å². The molecule has 0 spiro atoms. The minimum Gasteiger partial charge on any atom is -0.326 e. The van der Waals surface area contributed by atoms with Gasteiger partial charge >= 0.3 is 0 Å². The summed E-state index contributed by atoms with van der Waals surface area (Å²) in [5.74, 6) is -0.215. The molecule has 1 atom stereocenters. The van der Waals surface area contributed by atoms with E-state index in [1.165, 1.54) is 12.1 Å². The van der Waals surface area contributed by atoms with E-state index in [2.05, 4.69) is 4.72 Å². The summed E-state index contributed by atoms with van der Waals surface area (Å²) >= 11 is 0. The highest BCUT2D eigenvalue weighted by molar-refractivity contribution is 7.89. The number of halogens is 1. The molecule has 3 N–H and O–H groups in total. The topological polar surface area (TPSA) is 72.2 Å². The van der Waals surface area contributed by atoms with Crippen LogP contribution in [0.4, 0.5) is 4.39 Å². The van der Waals surface area contributed by atoms with Gasteiger partial charge in [-0.1, -0.05) is 19.9 Å². The molecule has 0 bridgehead atoms. The van der Waals surface area contributed by atoms with Crippen LogP contribution < -0.4 is 10.5 Å². The summed E-state index contributed by atoms with van der Waals surface area (Å²) in [6.07, 6.45) is 0.715. The Morgan fingerprint density at radius 2 is 1.95 bits per heavy atom. The largest absolute Gasteiger partial charge is 0.326 e. The molecule has 0 radical (unpaired) electrons. The van der Waals surface area contributed by atoms with E-state index in [9.17, 15) is 12.8 Å². The molecule has 0 heterocycles. The van der Waals surface area contributed by atoms with Gasteiger partial charge in [-0.2, -0.15) is 0 Å². The van der Waals surface area contributed by atoms with Crippen LogP contribution in [-0.4, -0.2) is 14.5 Å². The molecule has 0 saturated carbocycles. The number of sulfonamides is 1. The number of hydrogen-bond acceptors (Lipinski definition) is 3. The van der Waals surface area contributed by atoms with E-state index in [0.717, 1.165) is 6.07 Å². The van der Waals surface area contributed by atoms with Gasteiger partial charge in [0.25, 0.3) is 0 Å². The summed E-state index contributed by atoms with van der Waals surface area (Å²) in [4.78, 5) is -0.0781. The van der Waals surface area contributed by atoms with E-state index in [1.54, 1.807) is 6.92 Å². The lowest BCUT2D eigenvalue weighted by Gasteiger charge is -2.17. The van der Waals surface area contributed by atoms with E-state index >= 15 is 0 Å². The average molecular weight is 288 g/mol. The average Bonchev–Trinajstić information content (AvgIpc) is 2.26. The third-order valence-electron chi connectivity index (χ3n) is 2.72. The van der Waals surface area contributed by atoms with Crippen molar-refractivity contribution in [1.29, 1.82) is 0 Å². The highest BCUT2D eigenvalue weighted by atomic mass is 32.2. The second-order valence-corrected chi connectivity index (χ2v) is 6.79. The van der Waals surface area contributed by atoms with Gasteiger partial charge in [-0.05, 0) is 37.0 Å². The van der Waals surface area contributed by atoms with Crippen LogP contribution in [0, 0.1) is 11.7 Å². The van der Waals surface area contributed by atoms with Crippen molar-refractivity contribution in [2.45, 2.75) is 44.7 Å². The molecular formula is C13H21FN2O2S. The summed E-state index contributed by atoms with van der Waals surface area (Å²) in [6, 6.07) is 3.40. The molecule has 0 aromatic heterocycles. The SMILES string of the molecule is CC(C)CC(C)NS(=O)(=O)c1cc(F)ccc1CN. The molecule has 0 aliphatic carbocycles. The second-order valence-electron chi connectivity index (χ2n) is 5.11. The third kappa shape index (κ3) is 4.56. The van der Waals surface area contributed by atoms with E-state index in [1.807, 2.05) is 13.8 Å². The summed E-state index contributed by atoms with van der Waals surface area (Å²) in [7, 11) is -3.74. The molecule has 1 unspecified atom stereocenters. The van der Waals surface area contributed by atoms with Gasteiger partial charge in [-0.3, -0.25) is 0 Å². The van der Waals surface area contributed by atoms with E-state index in [0.29, 0.717) is 17.9 Å². The number of benzene rings is 1. The zero-order valence-corrected chi connectivity index (χ0v) is 12.3. The molecule has 1 rings (SSSR count). The van der Waals surface area contributed by atoms with Crippen molar-refractivity contribution in [3.63, 3.8) is 0 Å². The molecule has 4 nitrogen and oxygen atoms in total. The van der Waals surface area contributed by atoms with Gasteiger partial charge in [0, 0.05) is 12.6 Å². The smallest absolute Gasteiger partial charge is 0.241 e. The molecular weight excluding hydrogens is 267 g/mol. The minimum atomic E-state index is -3.74. The van der Waals surface area contributed by atoms with Crippen LogP contribution in [0.5, 0.6) is 0 Å². The first kappa shape index (κ1) is 16.1. The molecule has 0 aliphatic heterocycles. The van der Waals surface area contributed by atoms with Crippen molar-refractivity contribution in [3.05, 3.63) is 29.6 Å². The summed E-state index contributed by atoms with van der Waals surface area (Å²) in [6.45, 7) is 5.87. The van der Waals surface area contributed by atoms with Gasteiger partial charge in [0.05, 0.1) is 4.90 Å². The fourth-order valence-corrected chi connectivity index (χ4v) is 3.55. The van der Waals surface area contributed by atoms with Crippen molar-refractivity contribution < 1.29 is 12.8 Å². The minimum absolute atomic E-state index is 0.0507. The Bertz CT molecular complexity index is 529. The van der Waals surface area contributed by atoms with Crippen LogP contribution in [0.1, 0.15) is 32.8 Å². The molecule has 6 heteroatoms. The fourth-order valence-electron chi connectivity index (χ4n) is 2.03. The lowest BCUT2D eigenvalue weighted by molar-refractivity contribution is 0.482. The maximum atomic E-state index is 13.2. The normalized spacial score (nSPS) is 13.8. The van der Waals surface area contributed by atoms with Gasteiger partial charge in [0.15, 0.2) is 0 Å². The van der Waals surface area contributed by atoms with Gasteiger partial charge in [-0.15, -0.1) is 0 Å². The van der Waals surface area contributed by atoms with Crippen LogP contribution in [-0.2, 0) is 16.6 Å². The van der Waals surface area contributed by atoms with E-state index in [-0.39, 0.29) is 17.5 Å². The summed E-state index contributed by atoms with van der Waals surface area (Å²) in [5, 5.41) is 0. The predicted octanol–water partition coefficient (Wildman–Crippen LogP) is 2.00. The van der Waals surface area contributed by atoms with Crippen molar-refractivity contribution >= 4 is 10.0 Å². The fraction of sp³-hybridized carbons (Fsp3) is 0.538. The van der Waals surface area contributed by atoms with E-state index in [4.69, 9.17) is 5.73 Å². The van der Waals surface area contributed by atoms with Crippen molar-refractivity contribution in [2.75, 3.05) is 0 Å². The van der Waals surface area contributed by atoms with Gasteiger partial charge in [0.1, 0.15) is 5.82 Å². The van der Waals surface area contributed by atoms with Crippen molar-refractivity contribution in [1.82, 2.24) is 4.72 Å². The van der Waals surface area contributed by atoms with Gasteiger partial charge in [-0.25, -0.2) is 17.5 Å². The Kier molecular flexibility index (Phi) is 5.46. The van der Waals surface area contributed by atoms with Crippen LogP contribution in [0.15, 0.2) is 23.1 Å².